The van der Waals surface area contributed by atoms with Gasteiger partial charge in [0.05, 0.1) is 12.2 Å². The number of rotatable bonds is 2. The Morgan fingerprint density at radius 3 is 2.91 bits per heavy atom. The molecule has 2 aliphatic heterocycles. The summed E-state index contributed by atoms with van der Waals surface area (Å²) in [7, 11) is 0. The third kappa shape index (κ3) is 2.24. The normalized spacial score (nSPS) is 20.1. The Bertz CT molecular complexity index is 701. The Balaban J connectivity index is 1.52. The van der Waals surface area contributed by atoms with Crippen molar-refractivity contribution in [2.45, 2.75) is 24.9 Å². The summed E-state index contributed by atoms with van der Waals surface area (Å²) < 4.78 is 6.21. The van der Waals surface area contributed by atoms with Crippen LogP contribution in [0.25, 0.3) is 0 Å². The lowest BCUT2D eigenvalue weighted by molar-refractivity contribution is -0.0756. The quantitative estimate of drug-likeness (QED) is 0.915. The van der Waals surface area contributed by atoms with Crippen molar-refractivity contribution in [2.75, 3.05) is 24.6 Å². The van der Waals surface area contributed by atoms with Gasteiger partial charge in [0.25, 0.3) is 5.91 Å². The van der Waals surface area contributed by atoms with Crippen molar-refractivity contribution in [3.63, 3.8) is 0 Å². The molecule has 0 unspecified atom stereocenters. The standard InChI is InChI=1S/C15H17N3O2S2/c16-13(19)11-9-22-14(17-11)18-5-3-15(4-6-18)10-2-8-21-12(10)1-7-20-15/h2,8-9H,1,3-7H2,(H2,16,19). The summed E-state index contributed by atoms with van der Waals surface area (Å²) >= 11 is 3.32. The SMILES string of the molecule is NC(=O)c1csc(N2CCC3(CC2)OCCc2sccc23)n1. The lowest BCUT2D eigenvalue weighted by Gasteiger charge is -2.44. The maximum atomic E-state index is 11.2. The highest BCUT2D eigenvalue weighted by Gasteiger charge is 2.41. The van der Waals surface area contributed by atoms with Crippen LogP contribution >= 0.6 is 22.7 Å². The monoisotopic (exact) mass is 335 g/mol. The highest BCUT2D eigenvalue weighted by atomic mass is 32.1. The number of nitrogens with two attached hydrogens (primary N) is 1. The van der Waals surface area contributed by atoms with E-state index in [4.69, 9.17) is 10.5 Å². The molecule has 5 nitrogen and oxygen atoms in total. The minimum Gasteiger partial charge on any atom is -0.370 e. The Kier molecular flexibility index (Phi) is 3.43. The minimum absolute atomic E-state index is 0.117. The molecule has 2 aromatic heterocycles. The number of carbonyl (C=O) groups is 1. The number of amides is 1. The summed E-state index contributed by atoms with van der Waals surface area (Å²) in [4.78, 5) is 19.2. The summed E-state index contributed by atoms with van der Waals surface area (Å²) in [5.74, 6) is -0.463. The van der Waals surface area contributed by atoms with Crippen molar-refractivity contribution in [2.24, 2.45) is 5.73 Å². The molecule has 0 bridgehead atoms. The molecule has 0 aliphatic carbocycles. The van der Waals surface area contributed by atoms with Gasteiger partial charge in [-0.2, -0.15) is 0 Å². The van der Waals surface area contributed by atoms with Gasteiger partial charge in [0.15, 0.2) is 5.13 Å². The number of nitrogens with zero attached hydrogens (tertiary/aromatic N) is 2. The van der Waals surface area contributed by atoms with E-state index in [2.05, 4.69) is 21.3 Å². The van der Waals surface area contributed by atoms with Crippen molar-refractivity contribution in [3.8, 4) is 0 Å². The van der Waals surface area contributed by atoms with E-state index in [1.807, 2.05) is 11.3 Å². The third-order valence-electron chi connectivity index (χ3n) is 4.53. The maximum absolute atomic E-state index is 11.2. The zero-order chi connectivity index (χ0) is 15.2. The Hall–Kier alpha value is -1.44. The first-order chi connectivity index (χ1) is 10.7. The second-order valence-electron chi connectivity index (χ2n) is 5.72. The van der Waals surface area contributed by atoms with Crippen LogP contribution in [-0.4, -0.2) is 30.6 Å². The van der Waals surface area contributed by atoms with E-state index < -0.39 is 5.91 Å². The molecule has 0 saturated carbocycles. The summed E-state index contributed by atoms with van der Waals surface area (Å²) in [6, 6.07) is 2.23. The number of piperidine rings is 1. The van der Waals surface area contributed by atoms with Crippen molar-refractivity contribution in [1.29, 1.82) is 0 Å². The molecule has 0 aromatic carbocycles. The van der Waals surface area contributed by atoms with Gasteiger partial charge in [-0.25, -0.2) is 4.98 Å². The molecule has 2 aliphatic rings. The number of primary amides is 1. The highest BCUT2D eigenvalue weighted by molar-refractivity contribution is 7.14. The molecule has 7 heteroatoms. The molecule has 4 heterocycles. The van der Waals surface area contributed by atoms with E-state index in [1.165, 1.54) is 21.8 Å². The zero-order valence-electron chi connectivity index (χ0n) is 12.1. The van der Waals surface area contributed by atoms with E-state index in [-0.39, 0.29) is 5.60 Å². The van der Waals surface area contributed by atoms with Crippen LogP contribution in [0, 0.1) is 0 Å². The van der Waals surface area contributed by atoms with Crippen LogP contribution in [0.15, 0.2) is 16.8 Å². The lowest BCUT2D eigenvalue weighted by Crippen LogP contribution is -2.46. The van der Waals surface area contributed by atoms with Crippen molar-refractivity contribution >= 4 is 33.7 Å². The fourth-order valence-corrected chi connectivity index (χ4v) is 5.17. The van der Waals surface area contributed by atoms with Crippen LogP contribution < -0.4 is 10.6 Å². The average Bonchev–Trinajstić information content (AvgIpc) is 3.18. The van der Waals surface area contributed by atoms with Gasteiger partial charge in [-0.15, -0.1) is 22.7 Å². The molecule has 1 amide bonds. The van der Waals surface area contributed by atoms with Gasteiger partial charge < -0.3 is 15.4 Å². The Labute approximate surface area is 136 Å². The predicted octanol–water partition coefficient (Wildman–Crippen LogP) is 2.37. The Morgan fingerprint density at radius 1 is 1.36 bits per heavy atom. The van der Waals surface area contributed by atoms with Crippen LogP contribution in [0.3, 0.4) is 0 Å². The molecular formula is C15H17N3O2S2. The molecule has 2 N–H and O–H groups in total. The predicted molar refractivity (Wildman–Crippen MR) is 87.7 cm³/mol. The fraction of sp³-hybridized carbons (Fsp3) is 0.467. The molecule has 22 heavy (non-hydrogen) atoms. The molecule has 0 radical (unpaired) electrons. The molecule has 116 valence electrons. The van der Waals surface area contributed by atoms with Gasteiger partial charge in [-0.3, -0.25) is 4.79 Å². The smallest absolute Gasteiger partial charge is 0.268 e. The van der Waals surface area contributed by atoms with Gasteiger partial charge in [-0.05, 0) is 29.9 Å². The van der Waals surface area contributed by atoms with E-state index in [1.54, 1.807) is 5.38 Å². The van der Waals surface area contributed by atoms with Crippen LogP contribution in [0.5, 0.6) is 0 Å². The van der Waals surface area contributed by atoms with Crippen LogP contribution in [0.2, 0.25) is 0 Å². The van der Waals surface area contributed by atoms with Gasteiger partial charge in [0, 0.05) is 29.8 Å². The Morgan fingerprint density at radius 2 is 2.18 bits per heavy atom. The number of carbonyl (C=O) groups excluding carboxylic acids is 1. The largest absolute Gasteiger partial charge is 0.370 e. The zero-order valence-corrected chi connectivity index (χ0v) is 13.7. The first-order valence-electron chi connectivity index (χ1n) is 7.39. The molecule has 1 spiro atoms. The number of hydrogen-bond donors (Lipinski definition) is 1. The van der Waals surface area contributed by atoms with Gasteiger partial charge in [0.2, 0.25) is 0 Å². The second kappa shape index (κ2) is 5.33. The number of aromatic nitrogens is 1. The van der Waals surface area contributed by atoms with Crippen molar-refractivity contribution in [3.05, 3.63) is 33.0 Å². The summed E-state index contributed by atoms with van der Waals surface area (Å²) in [5, 5.41) is 4.79. The molecular weight excluding hydrogens is 318 g/mol. The number of thiophene rings is 1. The van der Waals surface area contributed by atoms with Crippen molar-refractivity contribution in [1.82, 2.24) is 4.98 Å². The highest BCUT2D eigenvalue weighted by Crippen LogP contribution is 2.44. The van der Waals surface area contributed by atoms with Gasteiger partial charge in [0.1, 0.15) is 5.69 Å². The number of fused-ring (bicyclic) bond motifs is 2. The maximum Gasteiger partial charge on any atom is 0.268 e. The average molecular weight is 335 g/mol. The van der Waals surface area contributed by atoms with E-state index in [0.717, 1.165) is 44.1 Å². The molecule has 1 saturated heterocycles. The molecule has 0 atom stereocenters. The number of hydrogen-bond acceptors (Lipinski definition) is 6. The summed E-state index contributed by atoms with van der Waals surface area (Å²) in [5.41, 5.74) is 6.91. The fourth-order valence-electron chi connectivity index (χ4n) is 3.35. The van der Waals surface area contributed by atoms with E-state index >= 15 is 0 Å². The van der Waals surface area contributed by atoms with Gasteiger partial charge in [-0.1, -0.05) is 0 Å². The van der Waals surface area contributed by atoms with E-state index in [9.17, 15) is 4.79 Å². The molecule has 4 rings (SSSR count). The first-order valence-corrected chi connectivity index (χ1v) is 9.15. The van der Waals surface area contributed by atoms with E-state index in [0.29, 0.717) is 5.69 Å². The summed E-state index contributed by atoms with van der Waals surface area (Å²) in [6.45, 7) is 2.60. The number of ether oxygens (including phenoxy) is 1. The van der Waals surface area contributed by atoms with Crippen LogP contribution in [0.4, 0.5) is 5.13 Å². The van der Waals surface area contributed by atoms with Crippen LogP contribution in [-0.2, 0) is 16.8 Å². The topological polar surface area (TPSA) is 68.5 Å². The van der Waals surface area contributed by atoms with Crippen LogP contribution in [0.1, 0.15) is 33.8 Å². The second-order valence-corrected chi connectivity index (χ2v) is 7.55. The van der Waals surface area contributed by atoms with Crippen molar-refractivity contribution < 1.29 is 9.53 Å². The molecule has 1 fully saturated rings. The minimum atomic E-state index is -0.463. The third-order valence-corrected chi connectivity index (χ3v) is 6.41. The number of anilines is 1. The number of thiazole rings is 1. The lowest BCUT2D eigenvalue weighted by atomic mass is 9.82. The summed E-state index contributed by atoms with van der Waals surface area (Å²) in [6.07, 6.45) is 2.96. The van der Waals surface area contributed by atoms with Gasteiger partial charge >= 0.3 is 0 Å². The molecule has 2 aromatic rings. The first kappa shape index (κ1) is 14.2.